The molecule has 2 nitrogen and oxygen atoms in total. The third-order valence-electron chi connectivity index (χ3n) is 1.35. The lowest BCUT2D eigenvalue weighted by Gasteiger charge is -2.07. The standard InChI is InChI=1S/C9H9BrO2/c1-3-12-9-7(10)5-4-6-8(9)11-2/h3-6H,1H2,2H3. The zero-order valence-corrected chi connectivity index (χ0v) is 8.30. The second-order valence-electron chi connectivity index (χ2n) is 2.06. The Balaban J connectivity index is 3.10. The Labute approximate surface area is 79.9 Å². The molecule has 1 aromatic carbocycles. The molecule has 0 fully saturated rings. The highest BCUT2D eigenvalue weighted by Crippen LogP contribution is 2.34. The van der Waals surface area contributed by atoms with Crippen molar-refractivity contribution in [1.29, 1.82) is 0 Å². The largest absolute Gasteiger partial charge is 0.493 e. The molecule has 1 aromatic rings. The molecule has 0 spiro atoms. The van der Waals surface area contributed by atoms with Crippen LogP contribution in [0.4, 0.5) is 0 Å². The van der Waals surface area contributed by atoms with E-state index in [1.165, 1.54) is 6.26 Å². The van der Waals surface area contributed by atoms with Crippen LogP contribution in [-0.4, -0.2) is 7.11 Å². The van der Waals surface area contributed by atoms with E-state index in [2.05, 4.69) is 22.5 Å². The van der Waals surface area contributed by atoms with Gasteiger partial charge < -0.3 is 9.47 Å². The molecule has 1 rings (SSSR count). The maximum atomic E-state index is 5.15. The molecule has 0 heterocycles. The third-order valence-corrected chi connectivity index (χ3v) is 1.98. The van der Waals surface area contributed by atoms with Crippen molar-refractivity contribution in [1.82, 2.24) is 0 Å². The van der Waals surface area contributed by atoms with Crippen molar-refractivity contribution in [3.63, 3.8) is 0 Å². The summed E-state index contributed by atoms with van der Waals surface area (Å²) in [6.45, 7) is 3.47. The summed E-state index contributed by atoms with van der Waals surface area (Å²) in [5, 5.41) is 0. The zero-order valence-electron chi connectivity index (χ0n) is 6.71. The maximum absolute atomic E-state index is 5.15. The topological polar surface area (TPSA) is 18.5 Å². The van der Waals surface area contributed by atoms with Crippen molar-refractivity contribution in [2.45, 2.75) is 0 Å². The van der Waals surface area contributed by atoms with Crippen molar-refractivity contribution in [3.05, 3.63) is 35.5 Å². The van der Waals surface area contributed by atoms with Gasteiger partial charge in [-0.05, 0) is 28.1 Å². The summed E-state index contributed by atoms with van der Waals surface area (Å²) in [7, 11) is 1.59. The number of hydrogen-bond donors (Lipinski definition) is 0. The van der Waals surface area contributed by atoms with Gasteiger partial charge in [0.25, 0.3) is 0 Å². The van der Waals surface area contributed by atoms with E-state index >= 15 is 0 Å². The van der Waals surface area contributed by atoms with E-state index in [9.17, 15) is 0 Å². The van der Waals surface area contributed by atoms with Crippen LogP contribution in [0, 0.1) is 0 Å². The van der Waals surface area contributed by atoms with Crippen LogP contribution < -0.4 is 9.47 Å². The monoisotopic (exact) mass is 228 g/mol. The molecule has 0 aliphatic rings. The van der Waals surface area contributed by atoms with Crippen molar-refractivity contribution in [3.8, 4) is 11.5 Å². The minimum Gasteiger partial charge on any atom is -0.493 e. The minimum atomic E-state index is 0.648. The van der Waals surface area contributed by atoms with Crippen LogP contribution in [-0.2, 0) is 0 Å². The average molecular weight is 229 g/mol. The smallest absolute Gasteiger partial charge is 0.182 e. The van der Waals surface area contributed by atoms with E-state index in [0.29, 0.717) is 11.5 Å². The highest BCUT2D eigenvalue weighted by Gasteiger charge is 2.06. The lowest BCUT2D eigenvalue weighted by atomic mass is 10.3. The number of hydrogen-bond acceptors (Lipinski definition) is 2. The van der Waals surface area contributed by atoms with Gasteiger partial charge in [0.05, 0.1) is 17.8 Å². The maximum Gasteiger partial charge on any atom is 0.182 e. The van der Waals surface area contributed by atoms with Crippen LogP contribution >= 0.6 is 15.9 Å². The number of para-hydroxylation sites is 1. The molecule has 0 amide bonds. The molecular formula is C9H9BrO2. The summed E-state index contributed by atoms with van der Waals surface area (Å²) in [5.41, 5.74) is 0. The Kier molecular flexibility index (Phi) is 3.17. The minimum absolute atomic E-state index is 0.648. The van der Waals surface area contributed by atoms with Gasteiger partial charge in [-0.15, -0.1) is 0 Å². The first-order valence-electron chi connectivity index (χ1n) is 3.39. The normalized spacial score (nSPS) is 9.17. The van der Waals surface area contributed by atoms with Gasteiger partial charge >= 0.3 is 0 Å². The van der Waals surface area contributed by atoms with Crippen molar-refractivity contribution in [2.75, 3.05) is 7.11 Å². The van der Waals surface area contributed by atoms with E-state index in [1.54, 1.807) is 7.11 Å². The van der Waals surface area contributed by atoms with Crippen LogP contribution in [0.1, 0.15) is 0 Å². The van der Waals surface area contributed by atoms with Crippen molar-refractivity contribution >= 4 is 15.9 Å². The molecule has 0 saturated carbocycles. The van der Waals surface area contributed by atoms with E-state index in [4.69, 9.17) is 9.47 Å². The first-order chi connectivity index (χ1) is 5.79. The Morgan fingerprint density at radius 1 is 1.50 bits per heavy atom. The fourth-order valence-corrected chi connectivity index (χ4v) is 1.29. The average Bonchev–Trinajstić information content (AvgIpc) is 2.09. The summed E-state index contributed by atoms with van der Waals surface area (Å²) >= 11 is 3.34. The van der Waals surface area contributed by atoms with Crippen LogP contribution in [0.5, 0.6) is 11.5 Å². The summed E-state index contributed by atoms with van der Waals surface area (Å²) in [6, 6.07) is 5.57. The lowest BCUT2D eigenvalue weighted by Crippen LogP contribution is -1.89. The van der Waals surface area contributed by atoms with Crippen LogP contribution in [0.25, 0.3) is 0 Å². The Morgan fingerprint density at radius 2 is 2.25 bits per heavy atom. The van der Waals surface area contributed by atoms with Gasteiger partial charge in [0.2, 0.25) is 0 Å². The number of benzene rings is 1. The highest BCUT2D eigenvalue weighted by molar-refractivity contribution is 9.10. The third kappa shape index (κ3) is 1.80. The molecule has 3 heteroatoms. The van der Waals surface area contributed by atoms with Gasteiger partial charge in [-0.25, -0.2) is 0 Å². The fraction of sp³-hybridized carbons (Fsp3) is 0.111. The van der Waals surface area contributed by atoms with E-state index in [-0.39, 0.29) is 0 Å². The van der Waals surface area contributed by atoms with Crippen LogP contribution in [0.2, 0.25) is 0 Å². The first kappa shape index (κ1) is 9.13. The molecule has 0 aliphatic heterocycles. The fourth-order valence-electron chi connectivity index (χ4n) is 0.848. The highest BCUT2D eigenvalue weighted by atomic mass is 79.9. The molecule has 0 N–H and O–H groups in total. The van der Waals surface area contributed by atoms with Crippen molar-refractivity contribution < 1.29 is 9.47 Å². The summed E-state index contributed by atoms with van der Waals surface area (Å²) in [4.78, 5) is 0. The van der Waals surface area contributed by atoms with Gasteiger partial charge in [0, 0.05) is 0 Å². The van der Waals surface area contributed by atoms with Crippen LogP contribution in [0.3, 0.4) is 0 Å². The van der Waals surface area contributed by atoms with E-state index in [0.717, 1.165) is 4.47 Å². The molecule has 0 saturated heterocycles. The second-order valence-corrected chi connectivity index (χ2v) is 2.91. The quantitative estimate of drug-likeness (QED) is 0.741. The van der Waals surface area contributed by atoms with Gasteiger partial charge in [-0.3, -0.25) is 0 Å². The molecule has 0 aromatic heterocycles. The predicted octanol–water partition coefficient (Wildman–Crippen LogP) is 2.98. The van der Waals surface area contributed by atoms with Gasteiger partial charge in [-0.1, -0.05) is 12.6 Å². The molecule has 0 atom stereocenters. The number of methoxy groups -OCH3 is 1. The Hall–Kier alpha value is -0.960. The Bertz CT molecular complexity index is 284. The molecule has 0 aliphatic carbocycles. The van der Waals surface area contributed by atoms with Gasteiger partial charge in [-0.2, -0.15) is 0 Å². The number of rotatable bonds is 3. The molecule has 12 heavy (non-hydrogen) atoms. The SMILES string of the molecule is C=COc1c(Br)cccc1OC. The van der Waals surface area contributed by atoms with Gasteiger partial charge in [0.1, 0.15) is 0 Å². The summed E-state index contributed by atoms with van der Waals surface area (Å²) < 4.78 is 11.1. The van der Waals surface area contributed by atoms with E-state index in [1.807, 2.05) is 18.2 Å². The van der Waals surface area contributed by atoms with Crippen LogP contribution in [0.15, 0.2) is 35.5 Å². The molecule has 0 unspecified atom stereocenters. The lowest BCUT2D eigenvalue weighted by molar-refractivity contribution is 0.377. The molecule has 0 bridgehead atoms. The number of halogens is 1. The second kappa shape index (κ2) is 4.16. The number of ether oxygens (including phenoxy) is 2. The molecular weight excluding hydrogens is 220 g/mol. The van der Waals surface area contributed by atoms with E-state index < -0.39 is 0 Å². The van der Waals surface area contributed by atoms with Crippen molar-refractivity contribution in [2.24, 2.45) is 0 Å². The molecule has 0 radical (unpaired) electrons. The summed E-state index contributed by atoms with van der Waals surface area (Å²) in [6.07, 6.45) is 1.36. The Morgan fingerprint density at radius 3 is 2.83 bits per heavy atom. The summed E-state index contributed by atoms with van der Waals surface area (Å²) in [5.74, 6) is 1.33. The zero-order chi connectivity index (χ0) is 8.97. The van der Waals surface area contributed by atoms with Gasteiger partial charge in [0.15, 0.2) is 11.5 Å². The predicted molar refractivity (Wildman–Crippen MR) is 51.5 cm³/mol. The first-order valence-corrected chi connectivity index (χ1v) is 4.19. The molecule has 64 valence electrons.